The van der Waals surface area contributed by atoms with Crippen LogP contribution in [0.4, 0.5) is 0 Å². The summed E-state index contributed by atoms with van der Waals surface area (Å²) in [5, 5.41) is 20.7. The van der Waals surface area contributed by atoms with E-state index in [1.54, 1.807) is 0 Å². The van der Waals surface area contributed by atoms with Crippen LogP contribution in [0.5, 0.6) is 0 Å². The van der Waals surface area contributed by atoms with Crippen molar-refractivity contribution in [3.63, 3.8) is 0 Å². The third-order valence-corrected chi connectivity index (χ3v) is 23.0. The van der Waals surface area contributed by atoms with Gasteiger partial charge in [-0.3, -0.25) is 32.5 Å². The highest BCUT2D eigenvalue weighted by molar-refractivity contribution is 7.47. The summed E-state index contributed by atoms with van der Waals surface area (Å²) in [6, 6.07) is 0. The predicted octanol–water partition coefficient (Wildman–Crippen LogP) is 30.3. The molecule has 0 fully saturated rings. The molecule has 0 aromatic heterocycles. The molecule has 5 unspecified atom stereocenters. The van der Waals surface area contributed by atoms with E-state index in [1.807, 2.05) is 0 Å². The van der Waals surface area contributed by atoms with E-state index in [0.29, 0.717) is 19.3 Å². The number of ether oxygens (including phenoxy) is 3. The van der Waals surface area contributed by atoms with E-state index in [1.165, 1.54) is 257 Å². The van der Waals surface area contributed by atoms with Gasteiger partial charge in [-0.1, -0.05) is 412 Å². The zero-order chi connectivity index (χ0) is 86.5. The van der Waals surface area contributed by atoms with Crippen LogP contribution in [-0.4, -0.2) is 95.9 Å². The van der Waals surface area contributed by atoms with E-state index >= 15 is 0 Å². The van der Waals surface area contributed by atoms with Gasteiger partial charge in [0.15, 0.2) is 6.10 Å². The van der Waals surface area contributed by atoms with Gasteiger partial charge >= 0.3 is 33.6 Å². The molecular formula is C101H180O16P2. The number of phosphoric ester groups is 2. The molecule has 0 aromatic carbocycles. The predicted molar refractivity (Wildman–Crippen MR) is 500 cm³/mol. The van der Waals surface area contributed by atoms with Crippen molar-refractivity contribution in [2.45, 2.75) is 463 Å². The zero-order valence-electron chi connectivity index (χ0n) is 76.3. The second-order valence-electron chi connectivity index (χ2n) is 32.8. The van der Waals surface area contributed by atoms with Crippen LogP contribution in [0.25, 0.3) is 0 Å². The van der Waals surface area contributed by atoms with E-state index < -0.39 is 91.5 Å². The number of hydrogen-bond donors (Lipinski definition) is 4. The number of aliphatic hydroxyl groups is 2. The SMILES string of the molecule is CC/C=C\C/C=C\C/C=C\C/C=C\C/C=C\CCCCCCCCCCCCCCCCCCCCCC(=O)OCC(O)COP(=O)(O)OCC(O)COP(=O)(O)OCC(COC(=O)CCCCCCCCCCCCCCCCCCCCC/C=C\C/C=C\C/C=C\C/C=C\CCCCC)OC(=O)CCCCCCC/C=C\CCCCCC. The van der Waals surface area contributed by atoms with Gasteiger partial charge in [-0.2, -0.15) is 0 Å². The third-order valence-electron chi connectivity index (χ3n) is 21.1. The Morgan fingerprint density at radius 2 is 0.445 bits per heavy atom. The molecule has 0 rings (SSSR count). The van der Waals surface area contributed by atoms with Crippen LogP contribution in [0, 0.1) is 0 Å². The van der Waals surface area contributed by atoms with Crippen molar-refractivity contribution in [1.29, 1.82) is 0 Å². The molecule has 0 radical (unpaired) electrons. The van der Waals surface area contributed by atoms with Crippen LogP contribution in [0.15, 0.2) is 122 Å². The normalized spacial score (nSPS) is 14.2. The minimum atomic E-state index is -4.93. The Bertz CT molecular complexity index is 2640. The number of rotatable bonds is 93. The Labute approximate surface area is 729 Å². The van der Waals surface area contributed by atoms with Crippen molar-refractivity contribution in [2.24, 2.45) is 0 Å². The number of carbonyl (C=O) groups is 3. The average Bonchev–Trinajstić information content (AvgIpc) is 0.893. The molecule has 0 amide bonds. The van der Waals surface area contributed by atoms with Gasteiger partial charge in [0.1, 0.15) is 25.4 Å². The number of phosphoric acid groups is 2. The molecule has 119 heavy (non-hydrogen) atoms. The van der Waals surface area contributed by atoms with Crippen LogP contribution in [0.3, 0.4) is 0 Å². The van der Waals surface area contributed by atoms with Crippen molar-refractivity contribution in [3.05, 3.63) is 122 Å². The number of hydrogen-bond acceptors (Lipinski definition) is 14. The van der Waals surface area contributed by atoms with Gasteiger partial charge in [0.25, 0.3) is 0 Å². The Balaban J connectivity index is 4.33. The maximum Gasteiger partial charge on any atom is 0.472 e. The molecule has 0 heterocycles. The molecule has 4 N–H and O–H groups in total. The Morgan fingerprint density at radius 1 is 0.244 bits per heavy atom. The molecule has 0 aromatic rings. The lowest BCUT2D eigenvalue weighted by Gasteiger charge is -2.21. The van der Waals surface area contributed by atoms with Crippen molar-refractivity contribution in [1.82, 2.24) is 0 Å². The average molecular weight is 1710 g/mol. The van der Waals surface area contributed by atoms with E-state index in [9.17, 15) is 43.5 Å². The molecular weight excluding hydrogens is 1530 g/mol. The van der Waals surface area contributed by atoms with E-state index in [4.69, 9.17) is 32.3 Å². The molecule has 0 aliphatic heterocycles. The summed E-state index contributed by atoms with van der Waals surface area (Å²) in [6.45, 7) is 2.59. The fraction of sp³-hybridized carbons (Fsp3) is 0.772. The van der Waals surface area contributed by atoms with Gasteiger partial charge in [0.2, 0.25) is 0 Å². The van der Waals surface area contributed by atoms with E-state index in [2.05, 4.69) is 142 Å². The van der Waals surface area contributed by atoms with Gasteiger partial charge in [-0.25, -0.2) is 9.13 Å². The first kappa shape index (κ1) is 115. The molecule has 16 nitrogen and oxygen atoms in total. The minimum Gasteiger partial charge on any atom is -0.463 e. The van der Waals surface area contributed by atoms with Crippen molar-refractivity contribution in [2.75, 3.05) is 39.6 Å². The van der Waals surface area contributed by atoms with Gasteiger partial charge in [0.05, 0.1) is 26.4 Å². The van der Waals surface area contributed by atoms with Crippen molar-refractivity contribution in [3.8, 4) is 0 Å². The topological polar surface area (TPSA) is 231 Å². The largest absolute Gasteiger partial charge is 0.472 e. The Kier molecular flexibility index (Phi) is 89.9. The van der Waals surface area contributed by atoms with Crippen molar-refractivity contribution < 1.29 is 75.8 Å². The lowest BCUT2D eigenvalue weighted by molar-refractivity contribution is -0.161. The van der Waals surface area contributed by atoms with Gasteiger partial charge < -0.3 is 34.2 Å². The fourth-order valence-electron chi connectivity index (χ4n) is 13.8. The second-order valence-corrected chi connectivity index (χ2v) is 35.7. The smallest absolute Gasteiger partial charge is 0.463 e. The Hall–Kier alpha value is -4.05. The van der Waals surface area contributed by atoms with E-state index in [0.717, 1.165) is 128 Å². The van der Waals surface area contributed by atoms with Crippen LogP contribution in [-0.2, 0) is 55.8 Å². The summed E-state index contributed by atoms with van der Waals surface area (Å²) in [4.78, 5) is 58.9. The first-order valence-corrected chi connectivity index (χ1v) is 51.8. The van der Waals surface area contributed by atoms with Gasteiger partial charge in [-0.15, -0.1) is 0 Å². The van der Waals surface area contributed by atoms with E-state index in [-0.39, 0.29) is 19.3 Å². The first-order valence-electron chi connectivity index (χ1n) is 48.8. The van der Waals surface area contributed by atoms with Crippen LogP contribution >= 0.6 is 15.6 Å². The van der Waals surface area contributed by atoms with Gasteiger partial charge in [0, 0.05) is 19.3 Å². The fourth-order valence-corrected chi connectivity index (χ4v) is 15.3. The first-order chi connectivity index (χ1) is 58.2. The summed E-state index contributed by atoms with van der Waals surface area (Å²) in [5.74, 6) is -1.56. The monoisotopic (exact) mass is 1710 g/mol. The summed E-state index contributed by atoms with van der Waals surface area (Å²) in [6.07, 6.45) is 116. The second kappa shape index (κ2) is 93.1. The molecule has 0 bridgehead atoms. The highest BCUT2D eigenvalue weighted by Gasteiger charge is 2.30. The van der Waals surface area contributed by atoms with Crippen LogP contribution in [0.2, 0.25) is 0 Å². The summed E-state index contributed by atoms with van der Waals surface area (Å²) in [7, 11) is -9.79. The molecule has 0 saturated heterocycles. The lowest BCUT2D eigenvalue weighted by Crippen LogP contribution is -2.30. The summed E-state index contributed by atoms with van der Waals surface area (Å²) >= 11 is 0. The number of aliphatic hydroxyl groups excluding tert-OH is 2. The maximum absolute atomic E-state index is 13.0. The maximum atomic E-state index is 13.0. The quantitative estimate of drug-likeness (QED) is 0.0146. The highest BCUT2D eigenvalue weighted by Crippen LogP contribution is 2.45. The zero-order valence-corrected chi connectivity index (χ0v) is 78.1. The number of unbranched alkanes of at least 4 members (excludes halogenated alkanes) is 50. The highest BCUT2D eigenvalue weighted by atomic mass is 31.2. The summed E-state index contributed by atoms with van der Waals surface area (Å²) < 4.78 is 61.4. The molecule has 690 valence electrons. The molecule has 18 heteroatoms. The molecule has 5 atom stereocenters. The number of esters is 3. The van der Waals surface area contributed by atoms with Crippen molar-refractivity contribution >= 4 is 33.6 Å². The molecule has 0 aliphatic rings. The number of carbonyl (C=O) groups excluding carboxylic acids is 3. The number of allylic oxidation sites excluding steroid dienone is 20. The molecule has 0 spiro atoms. The molecule has 0 aliphatic carbocycles. The lowest BCUT2D eigenvalue weighted by atomic mass is 10.0. The molecule has 0 saturated carbocycles. The minimum absolute atomic E-state index is 0.0973. The summed E-state index contributed by atoms with van der Waals surface area (Å²) in [5.41, 5.74) is 0. The standard InChI is InChI=1S/C101H180O16P2/c1-4-7-10-13-16-19-22-25-27-29-31-33-35-37-39-41-43-45-47-49-51-53-55-57-59-61-63-65-67-70-72-75-78-81-84-87-99(104)111-90-96(102)91-113-118(107,108)114-92-97(103)93-115-119(109,110)116-95-98(117-101(106)89-86-83-80-77-74-69-24-21-18-15-12-9-6-3)94-112-100(105)88-85-82-79-76-73-71-68-66-64-62-60-58-56-54-52-50-48-46-44-42-40-38-36-34-32-30-28-26-23-20-17-14-11-8-5-2/h7,10,16-17,19-21,24-28,31-34,37-40,96-98,102-103H,4-6,8-9,11-15,18,22-23,29-30,35-36,41-95H2,1-3H3,(H,107,108)(H,109,110)/b10-7-,19-16-,20-17-,24-21-,27-25-,28-26-,33-31-,34-32-,39-37-,40-38-. The van der Waals surface area contributed by atoms with Crippen LogP contribution < -0.4 is 0 Å². The Morgan fingerprint density at radius 3 is 0.731 bits per heavy atom. The van der Waals surface area contributed by atoms with Gasteiger partial charge in [-0.05, 0) is 135 Å². The third kappa shape index (κ3) is 94.5. The van der Waals surface area contributed by atoms with Crippen LogP contribution in [0.1, 0.15) is 445 Å².